The number of ether oxygens (including phenoxy) is 1. The van der Waals surface area contributed by atoms with E-state index >= 15 is 0 Å². The van der Waals surface area contributed by atoms with Crippen LogP contribution in [0.5, 0.6) is 0 Å². The number of esters is 1. The van der Waals surface area contributed by atoms with E-state index in [9.17, 15) is 14.4 Å². The molecule has 5 heteroatoms. The Morgan fingerprint density at radius 2 is 1.63 bits per heavy atom. The third-order valence-corrected chi connectivity index (χ3v) is 16.9. The Kier molecular flexibility index (Phi) is 9.13. The van der Waals surface area contributed by atoms with Gasteiger partial charge in [0.25, 0.3) is 0 Å². The molecule has 0 radical (unpaired) electrons. The zero-order valence-corrected chi connectivity index (χ0v) is 30.8. The minimum absolute atomic E-state index is 0.00885. The molecule has 0 aliphatic heterocycles. The van der Waals surface area contributed by atoms with Crippen molar-refractivity contribution in [2.75, 3.05) is 6.54 Å². The first-order chi connectivity index (χ1) is 21.6. The summed E-state index contributed by atoms with van der Waals surface area (Å²) in [6.07, 6.45) is 17.5. The van der Waals surface area contributed by atoms with E-state index < -0.39 is 0 Å². The van der Waals surface area contributed by atoms with Crippen molar-refractivity contribution in [3.63, 3.8) is 0 Å². The highest BCUT2D eigenvalue weighted by atomic mass is 16.5. The average molecular weight is 638 g/mol. The Balaban J connectivity index is 1.00. The molecule has 0 spiro atoms. The van der Waals surface area contributed by atoms with Crippen LogP contribution in [0.2, 0.25) is 0 Å². The number of amides is 1. The second kappa shape index (κ2) is 12.2. The summed E-state index contributed by atoms with van der Waals surface area (Å²) in [5.74, 6) is 5.54. The highest BCUT2D eigenvalue weighted by Crippen LogP contribution is 2.69. The Bertz CT molecular complexity index is 1190. The van der Waals surface area contributed by atoms with E-state index in [0.29, 0.717) is 53.3 Å². The van der Waals surface area contributed by atoms with Crippen molar-refractivity contribution in [2.24, 2.45) is 68.5 Å². The van der Waals surface area contributed by atoms with Crippen LogP contribution >= 0.6 is 0 Å². The smallest absolute Gasteiger partial charge is 0.311 e. The summed E-state index contributed by atoms with van der Waals surface area (Å²) >= 11 is 0. The van der Waals surface area contributed by atoms with Crippen molar-refractivity contribution in [1.82, 2.24) is 5.32 Å². The third kappa shape index (κ3) is 5.43. The first-order valence-electron chi connectivity index (χ1n) is 19.6. The molecule has 11 atom stereocenters. The molecule has 6 fully saturated rings. The van der Waals surface area contributed by atoms with Gasteiger partial charge in [-0.05, 0) is 161 Å². The van der Waals surface area contributed by atoms with Gasteiger partial charge in [0.05, 0.1) is 5.41 Å². The van der Waals surface area contributed by atoms with Crippen LogP contribution < -0.4 is 5.32 Å². The molecule has 6 aliphatic carbocycles. The molecule has 2 bridgehead atoms. The van der Waals surface area contributed by atoms with Gasteiger partial charge in [-0.2, -0.15) is 0 Å². The fourth-order valence-corrected chi connectivity index (χ4v) is 13.2. The maximum absolute atomic E-state index is 13.0. The van der Waals surface area contributed by atoms with Crippen LogP contribution in [0.25, 0.3) is 0 Å². The van der Waals surface area contributed by atoms with E-state index in [1.165, 1.54) is 51.4 Å². The normalized spacial score (nSPS) is 43.4. The zero-order chi connectivity index (χ0) is 33.3. The largest absolute Gasteiger partial charge is 0.462 e. The molecule has 6 rings (SSSR count). The second-order valence-corrected chi connectivity index (χ2v) is 19.2. The molecule has 6 saturated carbocycles. The number of nitrogens with one attached hydrogen (secondary N) is 1. The quantitative estimate of drug-likeness (QED) is 0.242. The Morgan fingerprint density at radius 3 is 2.30 bits per heavy atom. The van der Waals surface area contributed by atoms with Crippen LogP contribution in [0, 0.1) is 68.5 Å². The van der Waals surface area contributed by atoms with E-state index in [1.54, 1.807) is 0 Å². The van der Waals surface area contributed by atoms with Crippen LogP contribution in [0.15, 0.2) is 0 Å². The first kappa shape index (κ1) is 34.5. The SMILES string of the molecule is CCC(C)(C)C(=O)O[C@H]1CC[C@@]2(C)C(CCC3C4CCC(C(C)CCC(=O)NCCC56CCC(CC5=O)C6(C)C)[C@@]4(C)CCC32)C1. The molecule has 0 heterocycles. The highest BCUT2D eigenvalue weighted by Gasteiger charge is 2.64. The topological polar surface area (TPSA) is 72.5 Å². The number of fused-ring (bicyclic) bond motifs is 7. The van der Waals surface area contributed by atoms with Crippen molar-refractivity contribution in [3.8, 4) is 0 Å². The molecular formula is C41H67NO4. The lowest BCUT2D eigenvalue weighted by atomic mass is 9.44. The summed E-state index contributed by atoms with van der Waals surface area (Å²) in [6.45, 7) is 19.0. The van der Waals surface area contributed by atoms with E-state index in [4.69, 9.17) is 4.74 Å². The summed E-state index contributed by atoms with van der Waals surface area (Å²) < 4.78 is 6.13. The van der Waals surface area contributed by atoms with Crippen LogP contribution in [0.4, 0.5) is 0 Å². The molecule has 6 aliphatic rings. The maximum atomic E-state index is 13.0. The molecule has 0 aromatic rings. The van der Waals surface area contributed by atoms with Gasteiger partial charge in [0.2, 0.25) is 5.91 Å². The van der Waals surface area contributed by atoms with Gasteiger partial charge in [0, 0.05) is 24.8 Å². The van der Waals surface area contributed by atoms with E-state index in [-0.39, 0.29) is 34.2 Å². The predicted octanol–water partition coefficient (Wildman–Crippen LogP) is 9.31. The van der Waals surface area contributed by atoms with Crippen LogP contribution in [-0.2, 0) is 19.1 Å². The van der Waals surface area contributed by atoms with Gasteiger partial charge in [0.15, 0.2) is 0 Å². The summed E-state index contributed by atoms with van der Waals surface area (Å²) in [5, 5.41) is 3.23. The molecule has 8 unspecified atom stereocenters. The van der Waals surface area contributed by atoms with Gasteiger partial charge in [-0.15, -0.1) is 0 Å². The van der Waals surface area contributed by atoms with Gasteiger partial charge < -0.3 is 10.1 Å². The third-order valence-electron chi connectivity index (χ3n) is 16.9. The lowest BCUT2D eigenvalue weighted by molar-refractivity contribution is -0.171. The van der Waals surface area contributed by atoms with Gasteiger partial charge >= 0.3 is 5.97 Å². The van der Waals surface area contributed by atoms with Gasteiger partial charge in [-0.3, -0.25) is 14.4 Å². The molecule has 260 valence electrons. The molecule has 0 saturated heterocycles. The maximum Gasteiger partial charge on any atom is 0.311 e. The molecule has 0 aromatic heterocycles. The van der Waals surface area contributed by atoms with Crippen molar-refractivity contribution in [2.45, 2.75) is 164 Å². The Morgan fingerprint density at radius 1 is 0.913 bits per heavy atom. The van der Waals surface area contributed by atoms with Crippen molar-refractivity contribution in [1.29, 1.82) is 0 Å². The van der Waals surface area contributed by atoms with E-state index in [2.05, 4.69) is 46.9 Å². The standard InChI is InChI=1S/C41H67NO4/c1-9-37(3,4)36(45)46-29-17-19-39(7)28(24-29)11-12-30-32-14-13-31(40(32,8)20-18-33(30)39)26(2)10-15-35(44)42-23-22-41-21-16-27(25-34(41)43)38(41,5)6/h26-33H,9-25H2,1-8H3,(H,42,44)/t26?,27?,28?,29-,30?,31?,32?,33?,39-,40+,41?/m0/s1. The lowest BCUT2D eigenvalue weighted by Gasteiger charge is -2.61. The summed E-state index contributed by atoms with van der Waals surface area (Å²) in [7, 11) is 0. The number of carbonyl (C=O) groups is 3. The fourth-order valence-electron chi connectivity index (χ4n) is 13.2. The van der Waals surface area contributed by atoms with Crippen molar-refractivity contribution in [3.05, 3.63) is 0 Å². The monoisotopic (exact) mass is 638 g/mol. The van der Waals surface area contributed by atoms with Gasteiger partial charge in [-0.25, -0.2) is 0 Å². The summed E-state index contributed by atoms with van der Waals surface area (Å²) in [4.78, 5) is 38.8. The number of Topliss-reactive ketones (excluding diaryl/α,β-unsaturated/α-hetero) is 1. The highest BCUT2D eigenvalue weighted by molar-refractivity contribution is 5.89. The van der Waals surface area contributed by atoms with Gasteiger partial charge in [0.1, 0.15) is 11.9 Å². The van der Waals surface area contributed by atoms with E-state index in [1.807, 2.05) is 13.8 Å². The van der Waals surface area contributed by atoms with Crippen LogP contribution in [-0.4, -0.2) is 30.3 Å². The number of carbonyl (C=O) groups excluding carboxylic acids is 3. The molecule has 0 aromatic carbocycles. The average Bonchev–Trinajstić information content (AvgIpc) is 3.55. The molecule has 46 heavy (non-hydrogen) atoms. The number of ketones is 1. The minimum atomic E-state index is -0.389. The minimum Gasteiger partial charge on any atom is -0.462 e. The predicted molar refractivity (Wildman–Crippen MR) is 184 cm³/mol. The summed E-state index contributed by atoms with van der Waals surface area (Å²) in [5.41, 5.74) is 0.254. The second-order valence-electron chi connectivity index (χ2n) is 19.2. The molecule has 1 amide bonds. The molecule has 5 nitrogen and oxygen atoms in total. The summed E-state index contributed by atoms with van der Waals surface area (Å²) in [6, 6.07) is 0. The van der Waals surface area contributed by atoms with Gasteiger partial charge in [-0.1, -0.05) is 41.5 Å². The number of hydrogen-bond acceptors (Lipinski definition) is 4. The van der Waals surface area contributed by atoms with Crippen LogP contribution in [0.3, 0.4) is 0 Å². The van der Waals surface area contributed by atoms with E-state index in [0.717, 1.165) is 62.7 Å². The Hall–Kier alpha value is -1.39. The van der Waals surface area contributed by atoms with Crippen molar-refractivity contribution < 1.29 is 19.1 Å². The fraction of sp³-hybridized carbons (Fsp3) is 0.927. The zero-order valence-electron chi connectivity index (χ0n) is 30.8. The first-order valence-corrected chi connectivity index (χ1v) is 19.6. The lowest BCUT2D eigenvalue weighted by Crippen LogP contribution is -2.54. The number of hydrogen-bond donors (Lipinski definition) is 1. The Labute approximate surface area is 280 Å². The van der Waals surface area contributed by atoms with Crippen LogP contribution in [0.1, 0.15) is 158 Å². The molecule has 1 N–H and O–H groups in total. The van der Waals surface area contributed by atoms with Crippen molar-refractivity contribution >= 4 is 17.7 Å². The number of rotatable bonds is 10. The molecular weight excluding hydrogens is 570 g/mol.